The molecule has 0 aliphatic rings. The minimum Gasteiger partial charge on any atom is -0.318 e. The van der Waals surface area contributed by atoms with Gasteiger partial charge in [0.05, 0.1) is 6.04 Å². The fraction of sp³-hybridized carbons (Fsp3) is 0.200. The first-order valence-corrected chi connectivity index (χ1v) is 4.45. The van der Waals surface area contributed by atoms with Crippen molar-refractivity contribution in [3.63, 3.8) is 0 Å². The van der Waals surface area contributed by atoms with Crippen molar-refractivity contribution >= 4 is 0 Å². The first-order chi connectivity index (χ1) is 6.77. The van der Waals surface area contributed by atoms with Crippen LogP contribution in [0.4, 0.5) is 0 Å². The normalized spacial score (nSPS) is 12.7. The van der Waals surface area contributed by atoms with Gasteiger partial charge in [0.2, 0.25) is 0 Å². The highest BCUT2D eigenvalue weighted by Gasteiger charge is 2.10. The maximum atomic E-state index is 5.98. The van der Waals surface area contributed by atoms with E-state index in [9.17, 15) is 0 Å². The standard InChI is InChI=1S/C10H12N4/c1-7-2-4-8(5-3-7)9(11)10-12-6-13-14-10/h2-6,9H,11H2,1H3,(H,12,13,14)/t9-/m1/s1. The number of benzene rings is 1. The van der Waals surface area contributed by atoms with Crippen LogP contribution in [0.1, 0.15) is 23.0 Å². The van der Waals surface area contributed by atoms with Crippen LogP contribution in [-0.2, 0) is 0 Å². The van der Waals surface area contributed by atoms with Crippen molar-refractivity contribution in [2.24, 2.45) is 5.73 Å². The highest BCUT2D eigenvalue weighted by Crippen LogP contribution is 2.15. The molecule has 14 heavy (non-hydrogen) atoms. The molecule has 72 valence electrons. The zero-order valence-electron chi connectivity index (χ0n) is 7.94. The summed E-state index contributed by atoms with van der Waals surface area (Å²) in [4.78, 5) is 4.02. The SMILES string of the molecule is Cc1ccc([C@@H](N)c2ncn[nH]2)cc1. The minimum atomic E-state index is -0.224. The lowest BCUT2D eigenvalue weighted by Gasteiger charge is -2.08. The summed E-state index contributed by atoms with van der Waals surface area (Å²) in [6, 6.07) is 7.85. The van der Waals surface area contributed by atoms with Gasteiger partial charge in [-0.1, -0.05) is 29.8 Å². The van der Waals surface area contributed by atoms with E-state index in [2.05, 4.69) is 15.2 Å². The van der Waals surface area contributed by atoms with Gasteiger partial charge in [0.15, 0.2) is 0 Å². The van der Waals surface area contributed by atoms with Gasteiger partial charge in [-0.3, -0.25) is 5.10 Å². The number of H-pyrrole nitrogens is 1. The molecule has 0 aliphatic heterocycles. The van der Waals surface area contributed by atoms with Crippen LogP contribution in [0.2, 0.25) is 0 Å². The molecule has 1 aromatic heterocycles. The lowest BCUT2D eigenvalue weighted by atomic mass is 10.1. The molecule has 4 nitrogen and oxygen atoms in total. The average Bonchev–Trinajstić information content (AvgIpc) is 2.71. The number of nitrogens with zero attached hydrogens (tertiary/aromatic N) is 2. The molecule has 0 amide bonds. The number of rotatable bonds is 2. The lowest BCUT2D eigenvalue weighted by molar-refractivity contribution is 0.787. The quantitative estimate of drug-likeness (QED) is 0.743. The Balaban J connectivity index is 2.28. The molecule has 0 bridgehead atoms. The highest BCUT2D eigenvalue weighted by atomic mass is 15.2. The number of aromatic nitrogens is 3. The molecule has 1 heterocycles. The van der Waals surface area contributed by atoms with Crippen molar-refractivity contribution in [1.82, 2.24) is 15.2 Å². The van der Waals surface area contributed by atoms with E-state index in [1.807, 2.05) is 31.2 Å². The smallest absolute Gasteiger partial charge is 0.145 e. The topological polar surface area (TPSA) is 67.6 Å². The van der Waals surface area contributed by atoms with E-state index in [4.69, 9.17) is 5.73 Å². The van der Waals surface area contributed by atoms with E-state index < -0.39 is 0 Å². The van der Waals surface area contributed by atoms with Crippen LogP contribution in [0.25, 0.3) is 0 Å². The minimum absolute atomic E-state index is 0.224. The third-order valence-electron chi connectivity index (χ3n) is 2.16. The Bertz CT molecular complexity index is 391. The van der Waals surface area contributed by atoms with Crippen LogP contribution in [0, 0.1) is 6.92 Å². The second-order valence-corrected chi connectivity index (χ2v) is 3.26. The second kappa shape index (κ2) is 3.59. The summed E-state index contributed by atoms with van der Waals surface area (Å²) in [5, 5.41) is 6.53. The molecular weight excluding hydrogens is 176 g/mol. The predicted molar refractivity (Wildman–Crippen MR) is 53.6 cm³/mol. The van der Waals surface area contributed by atoms with E-state index in [0.29, 0.717) is 5.82 Å². The van der Waals surface area contributed by atoms with Gasteiger partial charge < -0.3 is 5.73 Å². The summed E-state index contributed by atoms with van der Waals surface area (Å²) in [5.74, 6) is 0.689. The van der Waals surface area contributed by atoms with Crippen LogP contribution in [0.5, 0.6) is 0 Å². The molecule has 0 saturated carbocycles. The molecule has 1 aromatic carbocycles. The Kier molecular flexibility index (Phi) is 2.28. The van der Waals surface area contributed by atoms with Gasteiger partial charge in [-0.25, -0.2) is 4.98 Å². The van der Waals surface area contributed by atoms with Crippen LogP contribution >= 0.6 is 0 Å². The van der Waals surface area contributed by atoms with Gasteiger partial charge >= 0.3 is 0 Å². The number of hydrogen-bond acceptors (Lipinski definition) is 3. The molecular formula is C10H12N4. The van der Waals surface area contributed by atoms with E-state index in [1.165, 1.54) is 11.9 Å². The summed E-state index contributed by atoms with van der Waals surface area (Å²) < 4.78 is 0. The van der Waals surface area contributed by atoms with Crippen molar-refractivity contribution in [2.45, 2.75) is 13.0 Å². The Morgan fingerprint density at radius 1 is 1.29 bits per heavy atom. The predicted octanol–water partition coefficient (Wildman–Crippen LogP) is 1.16. The van der Waals surface area contributed by atoms with E-state index in [0.717, 1.165) is 5.56 Å². The monoisotopic (exact) mass is 188 g/mol. The van der Waals surface area contributed by atoms with E-state index in [-0.39, 0.29) is 6.04 Å². The third-order valence-corrected chi connectivity index (χ3v) is 2.16. The molecule has 3 N–H and O–H groups in total. The number of aryl methyl sites for hydroxylation is 1. The van der Waals surface area contributed by atoms with Crippen molar-refractivity contribution < 1.29 is 0 Å². The summed E-state index contributed by atoms with van der Waals surface area (Å²) in [7, 11) is 0. The molecule has 0 spiro atoms. The van der Waals surface area contributed by atoms with Gasteiger partial charge in [0.1, 0.15) is 12.2 Å². The Morgan fingerprint density at radius 2 is 2.00 bits per heavy atom. The zero-order chi connectivity index (χ0) is 9.97. The number of nitrogens with two attached hydrogens (primary N) is 1. The summed E-state index contributed by atoms with van der Waals surface area (Å²) >= 11 is 0. The molecule has 0 fully saturated rings. The Morgan fingerprint density at radius 3 is 2.57 bits per heavy atom. The highest BCUT2D eigenvalue weighted by molar-refractivity contribution is 5.27. The van der Waals surface area contributed by atoms with Crippen molar-refractivity contribution in [3.8, 4) is 0 Å². The maximum Gasteiger partial charge on any atom is 0.145 e. The molecule has 1 atom stereocenters. The first kappa shape index (κ1) is 8.90. The summed E-state index contributed by atoms with van der Waals surface area (Å²) in [6.45, 7) is 2.05. The van der Waals surface area contributed by atoms with Crippen molar-refractivity contribution in [3.05, 3.63) is 47.5 Å². The van der Waals surface area contributed by atoms with Gasteiger partial charge in [-0.05, 0) is 12.5 Å². The third kappa shape index (κ3) is 1.65. The van der Waals surface area contributed by atoms with E-state index in [1.54, 1.807) is 0 Å². The second-order valence-electron chi connectivity index (χ2n) is 3.26. The molecule has 2 rings (SSSR count). The van der Waals surface area contributed by atoms with Crippen LogP contribution < -0.4 is 5.73 Å². The van der Waals surface area contributed by atoms with Gasteiger partial charge in [-0.2, -0.15) is 5.10 Å². The number of nitrogens with one attached hydrogen (secondary N) is 1. The van der Waals surface area contributed by atoms with Gasteiger partial charge in [0.25, 0.3) is 0 Å². The van der Waals surface area contributed by atoms with Gasteiger partial charge in [-0.15, -0.1) is 0 Å². The molecule has 0 radical (unpaired) electrons. The largest absolute Gasteiger partial charge is 0.318 e. The first-order valence-electron chi connectivity index (χ1n) is 4.45. The number of hydrogen-bond donors (Lipinski definition) is 2. The summed E-state index contributed by atoms with van der Waals surface area (Å²) in [6.07, 6.45) is 1.46. The van der Waals surface area contributed by atoms with Crippen LogP contribution in [0.3, 0.4) is 0 Å². The Labute approximate surface area is 82.2 Å². The van der Waals surface area contributed by atoms with E-state index >= 15 is 0 Å². The van der Waals surface area contributed by atoms with Crippen LogP contribution in [-0.4, -0.2) is 15.2 Å². The number of aromatic amines is 1. The Hall–Kier alpha value is -1.68. The van der Waals surface area contributed by atoms with Gasteiger partial charge in [0, 0.05) is 0 Å². The molecule has 0 aliphatic carbocycles. The lowest BCUT2D eigenvalue weighted by Crippen LogP contribution is -2.13. The summed E-state index contributed by atoms with van der Waals surface area (Å²) in [5.41, 5.74) is 8.23. The fourth-order valence-electron chi connectivity index (χ4n) is 1.30. The zero-order valence-corrected chi connectivity index (χ0v) is 7.94. The molecule has 2 aromatic rings. The van der Waals surface area contributed by atoms with Crippen LogP contribution in [0.15, 0.2) is 30.6 Å². The molecule has 0 unspecified atom stereocenters. The maximum absolute atomic E-state index is 5.98. The molecule has 0 saturated heterocycles. The van der Waals surface area contributed by atoms with Crippen molar-refractivity contribution in [1.29, 1.82) is 0 Å². The average molecular weight is 188 g/mol. The fourth-order valence-corrected chi connectivity index (χ4v) is 1.30. The molecule has 4 heteroatoms. The van der Waals surface area contributed by atoms with Crippen molar-refractivity contribution in [2.75, 3.05) is 0 Å².